The lowest BCUT2D eigenvalue weighted by atomic mass is 10.2. The van der Waals surface area contributed by atoms with Crippen molar-refractivity contribution in [1.82, 2.24) is 9.97 Å². The lowest BCUT2D eigenvalue weighted by Crippen LogP contribution is -2.26. The molecule has 0 saturated carbocycles. The standard InChI is InChI=1S/C13H24N4O2/c1-4-6-14-12-8-13(16-10(2)15-12)17-11(5-7-18)9-19-3/h8,11,18H,4-7,9H2,1-3H3,(H2,14,15,16,17). The zero-order valence-corrected chi connectivity index (χ0v) is 11.9. The third kappa shape index (κ3) is 5.85. The normalized spacial score (nSPS) is 12.2. The van der Waals surface area contributed by atoms with Gasteiger partial charge in [-0.1, -0.05) is 6.92 Å². The Morgan fingerprint density at radius 3 is 2.74 bits per heavy atom. The highest BCUT2D eigenvalue weighted by Crippen LogP contribution is 2.13. The van der Waals surface area contributed by atoms with Crippen molar-refractivity contribution < 1.29 is 9.84 Å². The maximum atomic E-state index is 9.03. The number of aryl methyl sites for hydroxylation is 1. The summed E-state index contributed by atoms with van der Waals surface area (Å²) in [6, 6.07) is 1.92. The van der Waals surface area contributed by atoms with Crippen molar-refractivity contribution in [3.05, 3.63) is 11.9 Å². The molecule has 0 radical (unpaired) electrons. The summed E-state index contributed by atoms with van der Waals surface area (Å²) >= 11 is 0. The summed E-state index contributed by atoms with van der Waals surface area (Å²) in [7, 11) is 1.64. The Hall–Kier alpha value is -1.40. The van der Waals surface area contributed by atoms with Crippen molar-refractivity contribution in [3.63, 3.8) is 0 Å². The van der Waals surface area contributed by atoms with E-state index in [0.29, 0.717) is 18.9 Å². The Morgan fingerprint density at radius 2 is 2.11 bits per heavy atom. The molecule has 0 amide bonds. The predicted octanol–water partition coefficient (Wildman–Crippen LogP) is 1.42. The molecule has 6 nitrogen and oxygen atoms in total. The number of nitrogens with zero attached hydrogens (tertiary/aromatic N) is 2. The summed E-state index contributed by atoms with van der Waals surface area (Å²) in [5.74, 6) is 2.28. The van der Waals surface area contributed by atoms with Crippen LogP contribution in [0, 0.1) is 6.92 Å². The first kappa shape index (κ1) is 15.7. The topological polar surface area (TPSA) is 79.3 Å². The molecule has 1 aromatic heterocycles. The number of aromatic nitrogens is 2. The molecule has 0 aromatic carbocycles. The van der Waals surface area contributed by atoms with E-state index in [-0.39, 0.29) is 12.6 Å². The van der Waals surface area contributed by atoms with E-state index in [1.165, 1.54) is 0 Å². The van der Waals surface area contributed by atoms with Gasteiger partial charge in [-0.25, -0.2) is 9.97 Å². The van der Waals surface area contributed by atoms with Crippen molar-refractivity contribution >= 4 is 11.6 Å². The van der Waals surface area contributed by atoms with E-state index >= 15 is 0 Å². The molecule has 1 heterocycles. The third-order valence-electron chi connectivity index (χ3n) is 2.59. The van der Waals surface area contributed by atoms with E-state index in [1.807, 2.05) is 13.0 Å². The number of aliphatic hydroxyl groups excluding tert-OH is 1. The molecule has 1 unspecified atom stereocenters. The van der Waals surface area contributed by atoms with Crippen LogP contribution in [0.4, 0.5) is 11.6 Å². The van der Waals surface area contributed by atoms with Gasteiger partial charge in [0.15, 0.2) is 0 Å². The number of aliphatic hydroxyl groups is 1. The van der Waals surface area contributed by atoms with E-state index in [1.54, 1.807) is 7.11 Å². The summed E-state index contributed by atoms with van der Waals surface area (Å²) in [5.41, 5.74) is 0. The molecule has 0 aliphatic carbocycles. The first-order valence-electron chi connectivity index (χ1n) is 6.65. The molecular formula is C13H24N4O2. The molecule has 0 aliphatic heterocycles. The third-order valence-corrected chi connectivity index (χ3v) is 2.59. The predicted molar refractivity (Wildman–Crippen MR) is 76.5 cm³/mol. The van der Waals surface area contributed by atoms with Crippen LogP contribution >= 0.6 is 0 Å². The molecule has 108 valence electrons. The smallest absolute Gasteiger partial charge is 0.132 e. The number of methoxy groups -OCH3 is 1. The van der Waals surface area contributed by atoms with Crippen LogP contribution in [0.3, 0.4) is 0 Å². The molecule has 3 N–H and O–H groups in total. The van der Waals surface area contributed by atoms with Gasteiger partial charge in [0.25, 0.3) is 0 Å². The van der Waals surface area contributed by atoms with Crippen LogP contribution in [0.25, 0.3) is 0 Å². The van der Waals surface area contributed by atoms with Gasteiger partial charge in [0.2, 0.25) is 0 Å². The number of ether oxygens (including phenoxy) is 1. The Balaban J connectivity index is 2.72. The first-order valence-corrected chi connectivity index (χ1v) is 6.65. The van der Waals surface area contributed by atoms with E-state index < -0.39 is 0 Å². The van der Waals surface area contributed by atoms with Crippen molar-refractivity contribution in [2.75, 3.05) is 37.5 Å². The van der Waals surface area contributed by atoms with Crippen molar-refractivity contribution in [1.29, 1.82) is 0 Å². The van der Waals surface area contributed by atoms with Crippen LogP contribution in [0.15, 0.2) is 6.07 Å². The molecular weight excluding hydrogens is 244 g/mol. The summed E-state index contributed by atoms with van der Waals surface area (Å²) in [6.45, 7) is 5.50. The summed E-state index contributed by atoms with van der Waals surface area (Å²) in [5, 5.41) is 15.5. The van der Waals surface area contributed by atoms with Gasteiger partial charge in [0.1, 0.15) is 17.5 Å². The maximum absolute atomic E-state index is 9.03. The van der Waals surface area contributed by atoms with Crippen LogP contribution in [0.1, 0.15) is 25.6 Å². The number of hydrogen-bond donors (Lipinski definition) is 3. The van der Waals surface area contributed by atoms with Crippen LogP contribution in [-0.2, 0) is 4.74 Å². The minimum Gasteiger partial charge on any atom is -0.396 e. The first-order chi connectivity index (χ1) is 9.19. The monoisotopic (exact) mass is 268 g/mol. The van der Waals surface area contributed by atoms with Gasteiger partial charge < -0.3 is 20.5 Å². The number of anilines is 2. The van der Waals surface area contributed by atoms with E-state index in [4.69, 9.17) is 9.84 Å². The van der Waals surface area contributed by atoms with E-state index in [9.17, 15) is 0 Å². The summed E-state index contributed by atoms with van der Waals surface area (Å²) in [6.07, 6.45) is 1.66. The molecule has 0 aliphatic rings. The minimum atomic E-state index is 0.0447. The van der Waals surface area contributed by atoms with E-state index in [0.717, 1.165) is 24.6 Å². The average Bonchev–Trinajstić information content (AvgIpc) is 2.36. The highest BCUT2D eigenvalue weighted by molar-refractivity contribution is 5.48. The van der Waals surface area contributed by atoms with Crippen molar-refractivity contribution in [2.24, 2.45) is 0 Å². The lowest BCUT2D eigenvalue weighted by Gasteiger charge is -2.18. The van der Waals surface area contributed by atoms with Crippen LogP contribution in [0.5, 0.6) is 0 Å². The number of rotatable bonds is 9. The van der Waals surface area contributed by atoms with Gasteiger partial charge in [0.05, 0.1) is 12.6 Å². The Morgan fingerprint density at radius 1 is 1.37 bits per heavy atom. The molecule has 19 heavy (non-hydrogen) atoms. The summed E-state index contributed by atoms with van der Waals surface area (Å²) in [4.78, 5) is 8.67. The van der Waals surface area contributed by atoms with E-state index in [2.05, 4.69) is 27.5 Å². The van der Waals surface area contributed by atoms with Gasteiger partial charge in [0, 0.05) is 26.3 Å². The van der Waals surface area contributed by atoms with Gasteiger partial charge >= 0.3 is 0 Å². The Bertz CT molecular complexity index is 368. The zero-order chi connectivity index (χ0) is 14.1. The summed E-state index contributed by atoms with van der Waals surface area (Å²) < 4.78 is 5.12. The van der Waals surface area contributed by atoms with Gasteiger partial charge in [-0.05, 0) is 19.8 Å². The minimum absolute atomic E-state index is 0.0447. The van der Waals surface area contributed by atoms with Crippen LogP contribution < -0.4 is 10.6 Å². The lowest BCUT2D eigenvalue weighted by molar-refractivity contribution is 0.170. The fourth-order valence-corrected chi connectivity index (χ4v) is 1.75. The number of hydrogen-bond acceptors (Lipinski definition) is 6. The second-order valence-corrected chi connectivity index (χ2v) is 4.42. The molecule has 6 heteroatoms. The second-order valence-electron chi connectivity index (χ2n) is 4.42. The molecule has 1 aromatic rings. The highest BCUT2D eigenvalue weighted by Gasteiger charge is 2.09. The molecule has 0 bridgehead atoms. The molecule has 1 atom stereocenters. The van der Waals surface area contributed by atoms with Gasteiger partial charge in [-0.15, -0.1) is 0 Å². The molecule has 0 fully saturated rings. The quantitative estimate of drug-likeness (QED) is 0.628. The van der Waals surface area contributed by atoms with Gasteiger partial charge in [-0.2, -0.15) is 0 Å². The fraction of sp³-hybridized carbons (Fsp3) is 0.692. The van der Waals surface area contributed by atoms with Crippen molar-refractivity contribution in [3.8, 4) is 0 Å². The Kier molecular flexibility index (Phi) is 7.14. The molecule has 0 spiro atoms. The second kappa shape index (κ2) is 8.66. The van der Waals surface area contributed by atoms with Crippen LogP contribution in [0.2, 0.25) is 0 Å². The fourth-order valence-electron chi connectivity index (χ4n) is 1.75. The Labute approximate surface area is 114 Å². The molecule has 1 rings (SSSR count). The zero-order valence-electron chi connectivity index (χ0n) is 11.9. The van der Waals surface area contributed by atoms with Gasteiger partial charge in [-0.3, -0.25) is 0 Å². The highest BCUT2D eigenvalue weighted by atomic mass is 16.5. The average molecular weight is 268 g/mol. The number of nitrogens with one attached hydrogen (secondary N) is 2. The molecule has 0 saturated heterocycles. The maximum Gasteiger partial charge on any atom is 0.132 e. The van der Waals surface area contributed by atoms with Crippen LogP contribution in [-0.4, -0.2) is 48.0 Å². The van der Waals surface area contributed by atoms with Crippen molar-refractivity contribution in [2.45, 2.75) is 32.7 Å². The largest absolute Gasteiger partial charge is 0.396 e. The SMILES string of the molecule is CCCNc1cc(NC(CCO)COC)nc(C)n1.